The highest BCUT2D eigenvalue weighted by Gasteiger charge is 2.35. The zero-order chi connectivity index (χ0) is 20.1. The number of ether oxygens (including phenoxy) is 3. The molecule has 0 bridgehead atoms. The topological polar surface area (TPSA) is 77.1 Å². The van der Waals surface area contributed by atoms with E-state index < -0.39 is 12.0 Å². The summed E-state index contributed by atoms with van der Waals surface area (Å²) in [5.74, 6) is 1.27. The zero-order valence-electron chi connectivity index (χ0n) is 15.9. The number of nitrogens with one attached hydrogen (secondary N) is 1. The predicted octanol–water partition coefficient (Wildman–Crippen LogP) is 3.34. The van der Waals surface area contributed by atoms with Gasteiger partial charge in [-0.2, -0.15) is 11.8 Å². The normalized spacial score (nSPS) is 16.9. The first-order valence-electron chi connectivity index (χ1n) is 8.18. The van der Waals surface area contributed by atoms with E-state index in [4.69, 9.17) is 14.2 Å². The Morgan fingerprint density at radius 1 is 1.33 bits per heavy atom. The van der Waals surface area contributed by atoms with Crippen LogP contribution in [-0.4, -0.2) is 56.8 Å². The molecule has 1 aliphatic rings. The molecule has 0 fully saturated rings. The summed E-state index contributed by atoms with van der Waals surface area (Å²) < 4.78 is 16.8. The molecule has 1 N–H and O–H groups in total. The van der Waals surface area contributed by atoms with Crippen LogP contribution in [0.4, 0.5) is 4.79 Å². The van der Waals surface area contributed by atoms with E-state index in [-0.39, 0.29) is 6.03 Å². The number of urea groups is 1. The van der Waals surface area contributed by atoms with Crippen LogP contribution in [0.1, 0.15) is 18.5 Å². The molecule has 1 aromatic carbocycles. The third kappa shape index (κ3) is 4.52. The van der Waals surface area contributed by atoms with Gasteiger partial charge < -0.3 is 24.4 Å². The van der Waals surface area contributed by atoms with E-state index in [1.165, 1.54) is 19.1 Å². The van der Waals surface area contributed by atoms with E-state index in [1.54, 1.807) is 37.9 Å². The Bertz CT molecular complexity index is 768. The summed E-state index contributed by atoms with van der Waals surface area (Å²) >= 11 is 5.04. The van der Waals surface area contributed by atoms with Crippen molar-refractivity contribution in [3.05, 3.63) is 33.4 Å². The monoisotopic (exact) mass is 458 g/mol. The molecule has 2 rings (SSSR count). The molecule has 1 heterocycles. The maximum absolute atomic E-state index is 12.7. The Hall–Kier alpha value is -1.87. The minimum atomic E-state index is -0.661. The maximum Gasteiger partial charge on any atom is 0.338 e. The van der Waals surface area contributed by atoms with Gasteiger partial charge in [0.05, 0.1) is 30.3 Å². The lowest BCUT2D eigenvalue weighted by Gasteiger charge is -2.33. The van der Waals surface area contributed by atoms with Crippen molar-refractivity contribution in [3.8, 4) is 11.5 Å². The van der Waals surface area contributed by atoms with Crippen molar-refractivity contribution in [1.82, 2.24) is 10.2 Å². The van der Waals surface area contributed by atoms with E-state index in [0.29, 0.717) is 45.2 Å². The van der Waals surface area contributed by atoms with E-state index in [2.05, 4.69) is 21.2 Å². The summed E-state index contributed by atoms with van der Waals surface area (Å²) in [4.78, 5) is 26.5. The zero-order valence-corrected chi connectivity index (χ0v) is 18.3. The lowest BCUT2D eigenvalue weighted by atomic mass is 9.94. The molecular weight excluding hydrogens is 436 g/mol. The molecular formula is C18H23BrN2O5S. The SMILES string of the molecule is COc1cc([C@@H]2NC(=O)N(C)C(C)=C2C(=O)OCCSC)cc(Br)c1OC. The minimum Gasteiger partial charge on any atom is -0.493 e. The summed E-state index contributed by atoms with van der Waals surface area (Å²) in [5, 5.41) is 2.86. The fourth-order valence-electron chi connectivity index (χ4n) is 2.75. The number of rotatable bonds is 7. The Morgan fingerprint density at radius 2 is 2.04 bits per heavy atom. The van der Waals surface area contributed by atoms with Crippen LogP contribution >= 0.6 is 27.7 Å². The van der Waals surface area contributed by atoms with Crippen LogP contribution in [0.25, 0.3) is 0 Å². The third-order valence-corrected chi connectivity index (χ3v) is 5.45. The van der Waals surface area contributed by atoms with Gasteiger partial charge in [0, 0.05) is 18.5 Å². The summed E-state index contributed by atoms with van der Waals surface area (Å²) in [6.07, 6.45) is 1.94. The predicted molar refractivity (Wildman–Crippen MR) is 108 cm³/mol. The molecule has 27 heavy (non-hydrogen) atoms. The van der Waals surface area contributed by atoms with Gasteiger partial charge in [0.15, 0.2) is 11.5 Å². The van der Waals surface area contributed by atoms with Crippen LogP contribution in [-0.2, 0) is 9.53 Å². The number of nitrogens with zero attached hydrogens (tertiary/aromatic N) is 1. The molecule has 9 heteroatoms. The number of thioether (sulfide) groups is 1. The van der Waals surface area contributed by atoms with Crippen LogP contribution in [0.3, 0.4) is 0 Å². The molecule has 0 saturated heterocycles. The van der Waals surface area contributed by atoms with Crippen molar-refractivity contribution in [2.75, 3.05) is 39.9 Å². The average Bonchev–Trinajstić information content (AvgIpc) is 2.65. The van der Waals surface area contributed by atoms with Crippen LogP contribution in [0.15, 0.2) is 27.9 Å². The standard InChI is InChI=1S/C18H23BrN2O5S/c1-10-14(17(22)26-6-7-27-5)15(20-18(23)21(10)2)11-8-12(19)16(25-4)13(9-11)24-3/h8-9,15H,6-7H2,1-5H3,(H,20,23)/t15-/m0/s1. The number of carbonyl (C=O) groups excluding carboxylic acids is 2. The molecule has 0 aliphatic carbocycles. The number of methoxy groups -OCH3 is 2. The summed E-state index contributed by atoms with van der Waals surface area (Å²) in [5.41, 5.74) is 1.61. The number of hydrogen-bond acceptors (Lipinski definition) is 6. The lowest BCUT2D eigenvalue weighted by molar-refractivity contribution is -0.139. The summed E-state index contributed by atoms with van der Waals surface area (Å²) in [7, 11) is 4.68. The Morgan fingerprint density at radius 3 is 2.63 bits per heavy atom. The van der Waals surface area contributed by atoms with Gasteiger partial charge in [-0.15, -0.1) is 0 Å². The van der Waals surface area contributed by atoms with Crippen molar-refractivity contribution >= 4 is 39.7 Å². The molecule has 1 atom stereocenters. The number of hydrogen-bond donors (Lipinski definition) is 1. The molecule has 2 amide bonds. The highest BCUT2D eigenvalue weighted by atomic mass is 79.9. The van der Waals surface area contributed by atoms with Gasteiger partial charge in [0.2, 0.25) is 0 Å². The first kappa shape index (κ1) is 21.4. The summed E-state index contributed by atoms with van der Waals surface area (Å²) in [6, 6.07) is 2.57. The molecule has 7 nitrogen and oxygen atoms in total. The van der Waals surface area contributed by atoms with Gasteiger partial charge in [-0.1, -0.05) is 0 Å². The van der Waals surface area contributed by atoms with Crippen LogP contribution in [0.2, 0.25) is 0 Å². The third-order valence-electron chi connectivity index (χ3n) is 4.28. The van der Waals surface area contributed by atoms with Crippen LogP contribution < -0.4 is 14.8 Å². The molecule has 148 valence electrons. The molecule has 1 aliphatic heterocycles. The average molecular weight is 459 g/mol. The number of amides is 2. The number of halogens is 1. The highest BCUT2D eigenvalue weighted by Crippen LogP contribution is 2.40. The summed E-state index contributed by atoms with van der Waals surface area (Å²) in [6.45, 7) is 2.03. The minimum absolute atomic E-state index is 0.302. The Labute approximate surface area is 171 Å². The lowest BCUT2D eigenvalue weighted by Crippen LogP contribution is -2.46. The quantitative estimate of drug-likeness (QED) is 0.498. The van der Waals surface area contributed by atoms with Gasteiger partial charge in [0.25, 0.3) is 0 Å². The van der Waals surface area contributed by atoms with Crippen LogP contribution in [0.5, 0.6) is 11.5 Å². The maximum atomic E-state index is 12.7. The molecule has 0 aromatic heterocycles. The molecule has 0 radical (unpaired) electrons. The first-order chi connectivity index (χ1) is 12.8. The molecule has 1 aromatic rings. The largest absolute Gasteiger partial charge is 0.493 e. The fourth-order valence-corrected chi connectivity index (χ4v) is 3.62. The Kier molecular flexibility index (Phi) is 7.43. The van der Waals surface area contributed by atoms with E-state index >= 15 is 0 Å². The second kappa shape index (κ2) is 9.36. The van der Waals surface area contributed by atoms with Crippen molar-refractivity contribution in [1.29, 1.82) is 0 Å². The molecule has 0 saturated carbocycles. The van der Waals surface area contributed by atoms with Crippen molar-refractivity contribution in [2.24, 2.45) is 0 Å². The van der Waals surface area contributed by atoms with Gasteiger partial charge in [-0.05, 0) is 46.8 Å². The first-order valence-corrected chi connectivity index (χ1v) is 10.4. The van der Waals surface area contributed by atoms with Gasteiger partial charge in [-0.3, -0.25) is 0 Å². The fraction of sp³-hybridized carbons (Fsp3) is 0.444. The number of esters is 1. The number of allylic oxidation sites excluding steroid dienone is 1. The van der Waals surface area contributed by atoms with Gasteiger partial charge >= 0.3 is 12.0 Å². The van der Waals surface area contributed by atoms with Crippen molar-refractivity contribution in [2.45, 2.75) is 13.0 Å². The highest BCUT2D eigenvalue weighted by molar-refractivity contribution is 9.10. The van der Waals surface area contributed by atoms with E-state index in [0.717, 1.165) is 0 Å². The molecule has 0 spiro atoms. The molecule has 0 unspecified atom stereocenters. The number of carbonyl (C=O) groups is 2. The second-order valence-corrected chi connectivity index (χ2v) is 7.65. The van der Waals surface area contributed by atoms with Crippen molar-refractivity contribution < 1.29 is 23.8 Å². The number of benzene rings is 1. The van der Waals surface area contributed by atoms with Gasteiger partial charge in [-0.25, -0.2) is 9.59 Å². The van der Waals surface area contributed by atoms with E-state index in [9.17, 15) is 9.59 Å². The van der Waals surface area contributed by atoms with Gasteiger partial charge in [0.1, 0.15) is 6.61 Å². The second-order valence-electron chi connectivity index (χ2n) is 5.81. The van der Waals surface area contributed by atoms with Crippen molar-refractivity contribution in [3.63, 3.8) is 0 Å². The van der Waals surface area contributed by atoms with Crippen LogP contribution in [0, 0.1) is 0 Å². The Balaban J connectivity index is 2.50. The smallest absolute Gasteiger partial charge is 0.338 e. The van der Waals surface area contributed by atoms with E-state index in [1.807, 2.05) is 6.26 Å².